The lowest BCUT2D eigenvalue weighted by atomic mass is 10.1. The average Bonchev–Trinajstić information content (AvgIpc) is 2.65. The van der Waals surface area contributed by atoms with Gasteiger partial charge in [-0.05, 0) is 48.6 Å². The first-order valence-electron chi connectivity index (χ1n) is 9.11. The Morgan fingerprint density at radius 2 is 1.85 bits per heavy atom. The molecule has 0 aromatic heterocycles. The summed E-state index contributed by atoms with van der Waals surface area (Å²) in [6.45, 7) is 5.33. The summed E-state index contributed by atoms with van der Waals surface area (Å²) < 4.78 is 11.1. The molecule has 2 aromatic carbocycles. The summed E-state index contributed by atoms with van der Waals surface area (Å²) in [5.41, 5.74) is 1.52. The van der Waals surface area contributed by atoms with E-state index in [2.05, 4.69) is 24.5 Å². The topological polar surface area (TPSA) is 79.8 Å². The van der Waals surface area contributed by atoms with Crippen LogP contribution in [-0.4, -0.2) is 24.9 Å². The zero-order valence-electron chi connectivity index (χ0n) is 16.1. The van der Waals surface area contributed by atoms with E-state index in [0.29, 0.717) is 36.3 Å². The maximum Gasteiger partial charge on any atom is 0.319 e. The molecule has 0 aliphatic rings. The van der Waals surface area contributed by atoms with Crippen LogP contribution >= 0.6 is 0 Å². The maximum atomic E-state index is 12.1. The van der Waals surface area contributed by atoms with Crippen molar-refractivity contribution in [2.75, 3.05) is 19.0 Å². The lowest BCUT2D eigenvalue weighted by Gasteiger charge is -2.14. The molecule has 2 aromatic rings. The van der Waals surface area contributed by atoms with E-state index in [1.165, 1.54) is 0 Å². The molecule has 0 radical (unpaired) electrons. The van der Waals surface area contributed by atoms with Crippen LogP contribution in [0.3, 0.4) is 0 Å². The molecule has 2 amide bonds. The van der Waals surface area contributed by atoms with Gasteiger partial charge in [0, 0.05) is 18.3 Å². The normalized spacial score (nSPS) is 10.5. The van der Waals surface area contributed by atoms with Gasteiger partial charge in [-0.15, -0.1) is 0 Å². The van der Waals surface area contributed by atoms with Crippen LogP contribution in [0.15, 0.2) is 42.5 Å². The number of phenols is 1. The lowest BCUT2D eigenvalue weighted by Crippen LogP contribution is -2.28. The fourth-order valence-corrected chi connectivity index (χ4v) is 2.51. The summed E-state index contributed by atoms with van der Waals surface area (Å²) >= 11 is 0. The van der Waals surface area contributed by atoms with E-state index in [1.807, 2.05) is 0 Å². The first-order valence-corrected chi connectivity index (χ1v) is 9.11. The van der Waals surface area contributed by atoms with Gasteiger partial charge in [0.25, 0.3) is 0 Å². The highest BCUT2D eigenvalue weighted by Gasteiger charge is 2.09. The number of aromatic hydroxyl groups is 1. The highest BCUT2D eigenvalue weighted by Crippen LogP contribution is 2.30. The van der Waals surface area contributed by atoms with Gasteiger partial charge in [-0.3, -0.25) is 0 Å². The predicted octanol–water partition coefficient (Wildman–Crippen LogP) is 4.54. The number of benzene rings is 2. The van der Waals surface area contributed by atoms with E-state index < -0.39 is 0 Å². The molecule has 2 rings (SSSR count). The first-order chi connectivity index (χ1) is 13.0. The molecule has 6 heteroatoms. The van der Waals surface area contributed by atoms with Crippen LogP contribution in [0.1, 0.15) is 32.3 Å². The average molecular weight is 372 g/mol. The van der Waals surface area contributed by atoms with Gasteiger partial charge in [-0.2, -0.15) is 0 Å². The Labute approximate surface area is 160 Å². The number of carbonyl (C=O) groups excluding carboxylic acids is 1. The minimum absolute atomic E-state index is 0.197. The summed E-state index contributed by atoms with van der Waals surface area (Å²) in [5, 5.41) is 14.8. The lowest BCUT2D eigenvalue weighted by molar-refractivity contribution is 0.251. The molecular formula is C21H28N2O4. The molecule has 0 fully saturated rings. The van der Waals surface area contributed by atoms with Gasteiger partial charge < -0.3 is 25.2 Å². The molecule has 0 saturated carbocycles. The molecule has 0 spiro atoms. The number of methoxy groups -OCH3 is 1. The van der Waals surface area contributed by atoms with E-state index in [-0.39, 0.29) is 11.8 Å². The Kier molecular flexibility index (Phi) is 7.79. The SMILES string of the molecule is COc1ccc(NC(=O)NCc2ccc(O)cc2)cc1OCCCC(C)C. The smallest absolute Gasteiger partial charge is 0.319 e. The molecule has 0 saturated heterocycles. The Morgan fingerprint density at radius 3 is 2.52 bits per heavy atom. The third-order valence-electron chi connectivity index (χ3n) is 3.99. The quantitative estimate of drug-likeness (QED) is 0.565. The molecule has 0 aliphatic heterocycles. The minimum Gasteiger partial charge on any atom is -0.508 e. The van der Waals surface area contributed by atoms with Crippen LogP contribution in [0.5, 0.6) is 17.2 Å². The van der Waals surface area contributed by atoms with E-state index >= 15 is 0 Å². The predicted molar refractivity (Wildman–Crippen MR) is 107 cm³/mol. The summed E-state index contributed by atoms with van der Waals surface area (Å²) in [6, 6.07) is 11.7. The van der Waals surface area contributed by atoms with Gasteiger partial charge >= 0.3 is 6.03 Å². The molecule has 3 N–H and O–H groups in total. The molecule has 27 heavy (non-hydrogen) atoms. The molecule has 0 atom stereocenters. The van der Waals surface area contributed by atoms with Crippen LogP contribution < -0.4 is 20.1 Å². The summed E-state index contributed by atoms with van der Waals surface area (Å²) in [6.07, 6.45) is 2.06. The molecule has 146 valence electrons. The number of phenolic OH excluding ortho intramolecular Hbond substituents is 1. The van der Waals surface area contributed by atoms with Crippen molar-refractivity contribution in [3.63, 3.8) is 0 Å². The van der Waals surface area contributed by atoms with Gasteiger partial charge in [0.1, 0.15) is 5.75 Å². The van der Waals surface area contributed by atoms with E-state index in [0.717, 1.165) is 18.4 Å². The highest BCUT2D eigenvalue weighted by molar-refractivity contribution is 5.89. The van der Waals surface area contributed by atoms with Gasteiger partial charge in [0.2, 0.25) is 0 Å². The van der Waals surface area contributed by atoms with Crippen LogP contribution in [0, 0.1) is 5.92 Å². The molecule has 6 nitrogen and oxygen atoms in total. The van der Waals surface area contributed by atoms with Crippen molar-refractivity contribution >= 4 is 11.7 Å². The van der Waals surface area contributed by atoms with E-state index in [1.54, 1.807) is 49.6 Å². The van der Waals surface area contributed by atoms with Crippen LogP contribution in [0.2, 0.25) is 0 Å². The third-order valence-corrected chi connectivity index (χ3v) is 3.99. The second kappa shape index (κ2) is 10.3. The third kappa shape index (κ3) is 7.09. The molecule has 0 aliphatic carbocycles. The van der Waals surface area contributed by atoms with Crippen molar-refractivity contribution in [1.29, 1.82) is 0 Å². The maximum absolute atomic E-state index is 12.1. The number of anilines is 1. The fraction of sp³-hybridized carbons (Fsp3) is 0.381. The van der Waals surface area contributed by atoms with Crippen LogP contribution in [-0.2, 0) is 6.54 Å². The zero-order chi connectivity index (χ0) is 19.6. The number of rotatable bonds is 9. The number of urea groups is 1. The fourth-order valence-electron chi connectivity index (χ4n) is 2.51. The number of hydrogen-bond donors (Lipinski definition) is 3. The van der Waals surface area contributed by atoms with Gasteiger partial charge in [0.15, 0.2) is 11.5 Å². The highest BCUT2D eigenvalue weighted by atomic mass is 16.5. The Hall–Kier alpha value is -2.89. The minimum atomic E-state index is -0.320. The van der Waals surface area contributed by atoms with Crippen molar-refractivity contribution in [1.82, 2.24) is 5.32 Å². The number of hydrogen-bond acceptors (Lipinski definition) is 4. The van der Waals surface area contributed by atoms with Crippen molar-refractivity contribution in [2.45, 2.75) is 33.2 Å². The van der Waals surface area contributed by atoms with E-state index in [9.17, 15) is 9.90 Å². The molecule has 0 unspecified atom stereocenters. The molecule has 0 bridgehead atoms. The number of ether oxygens (including phenoxy) is 2. The Balaban J connectivity index is 1.89. The molecular weight excluding hydrogens is 344 g/mol. The van der Waals surface area contributed by atoms with Crippen LogP contribution in [0.4, 0.5) is 10.5 Å². The number of carbonyl (C=O) groups is 1. The molecule has 0 heterocycles. The van der Waals surface area contributed by atoms with Crippen molar-refractivity contribution < 1.29 is 19.4 Å². The van der Waals surface area contributed by atoms with Gasteiger partial charge in [-0.25, -0.2) is 4.79 Å². The summed E-state index contributed by atoms with van der Waals surface area (Å²) in [7, 11) is 1.59. The zero-order valence-corrected chi connectivity index (χ0v) is 16.1. The van der Waals surface area contributed by atoms with Crippen molar-refractivity contribution in [2.24, 2.45) is 5.92 Å². The van der Waals surface area contributed by atoms with Crippen LogP contribution in [0.25, 0.3) is 0 Å². The van der Waals surface area contributed by atoms with E-state index in [4.69, 9.17) is 9.47 Å². The van der Waals surface area contributed by atoms with Gasteiger partial charge in [-0.1, -0.05) is 26.0 Å². The van der Waals surface area contributed by atoms with Crippen molar-refractivity contribution in [3.8, 4) is 17.2 Å². The number of amides is 2. The van der Waals surface area contributed by atoms with Crippen molar-refractivity contribution in [3.05, 3.63) is 48.0 Å². The monoisotopic (exact) mass is 372 g/mol. The standard InChI is InChI=1S/C21H28N2O4/c1-15(2)5-4-12-27-20-13-17(8-11-19(20)26-3)23-21(25)22-14-16-6-9-18(24)10-7-16/h6-11,13,15,24H,4-5,12,14H2,1-3H3,(H2,22,23,25). The Bertz CT molecular complexity index is 729. The second-order valence-electron chi connectivity index (χ2n) is 6.72. The second-order valence-corrected chi connectivity index (χ2v) is 6.72. The van der Waals surface area contributed by atoms with Gasteiger partial charge in [0.05, 0.1) is 13.7 Å². The Morgan fingerprint density at radius 1 is 1.11 bits per heavy atom. The first kappa shape index (κ1) is 20.4. The summed E-state index contributed by atoms with van der Waals surface area (Å²) in [4.78, 5) is 12.1. The summed E-state index contributed by atoms with van der Waals surface area (Å²) in [5.74, 6) is 2.08. The largest absolute Gasteiger partial charge is 0.508 e. The number of nitrogens with one attached hydrogen (secondary N) is 2.